The van der Waals surface area contributed by atoms with E-state index >= 15 is 0 Å². The zero-order valence-electron chi connectivity index (χ0n) is 10.9. The van der Waals surface area contributed by atoms with E-state index in [0.717, 1.165) is 6.54 Å². The minimum absolute atomic E-state index is 0.955. The van der Waals surface area contributed by atoms with Gasteiger partial charge in [-0.15, -0.1) is 0 Å². The summed E-state index contributed by atoms with van der Waals surface area (Å²) in [6.07, 6.45) is 8.36. The van der Waals surface area contributed by atoms with Gasteiger partial charge in [0.25, 0.3) is 0 Å². The standard InChI is InChI=1S/C16H18N2/c1-3-17-16-8-6-14(7-9-16)4-5-15-10-12-18(2)13-11-15/h4-13H,3H2,1-2H3/p+1. The molecule has 1 aromatic heterocycles. The van der Waals surface area contributed by atoms with Crippen molar-refractivity contribution in [3.05, 3.63) is 59.9 Å². The van der Waals surface area contributed by atoms with Gasteiger partial charge in [-0.25, -0.2) is 4.57 Å². The molecule has 1 aromatic carbocycles. The Hall–Kier alpha value is -2.09. The molecule has 2 heteroatoms. The van der Waals surface area contributed by atoms with Gasteiger partial charge in [-0.1, -0.05) is 24.3 Å². The largest absolute Gasteiger partial charge is 0.385 e. The molecule has 0 atom stereocenters. The number of hydrogen-bond acceptors (Lipinski definition) is 1. The minimum atomic E-state index is 0.955. The molecule has 0 fully saturated rings. The summed E-state index contributed by atoms with van der Waals surface area (Å²) in [6, 6.07) is 12.7. The molecule has 1 N–H and O–H groups in total. The van der Waals surface area contributed by atoms with E-state index in [1.165, 1.54) is 16.8 Å². The van der Waals surface area contributed by atoms with Crippen LogP contribution in [0.3, 0.4) is 0 Å². The molecule has 2 aromatic rings. The first kappa shape index (κ1) is 12.4. The van der Waals surface area contributed by atoms with Crippen LogP contribution in [-0.4, -0.2) is 6.54 Å². The molecule has 2 nitrogen and oxygen atoms in total. The molecule has 0 aliphatic carbocycles. The lowest BCUT2D eigenvalue weighted by atomic mass is 10.1. The Balaban J connectivity index is 2.06. The van der Waals surface area contributed by atoms with Crippen LogP contribution in [0, 0.1) is 0 Å². The smallest absolute Gasteiger partial charge is 0.169 e. The quantitative estimate of drug-likeness (QED) is 0.811. The molecule has 0 saturated heterocycles. The Kier molecular flexibility index (Phi) is 4.13. The van der Waals surface area contributed by atoms with Crippen LogP contribution in [-0.2, 0) is 7.05 Å². The summed E-state index contributed by atoms with van der Waals surface area (Å²) in [6.45, 7) is 3.05. The maximum Gasteiger partial charge on any atom is 0.169 e. The van der Waals surface area contributed by atoms with Crippen LogP contribution in [0.4, 0.5) is 5.69 Å². The van der Waals surface area contributed by atoms with Crippen LogP contribution in [0.2, 0.25) is 0 Å². The fourth-order valence-electron chi connectivity index (χ4n) is 1.73. The molecule has 0 bridgehead atoms. The van der Waals surface area contributed by atoms with Gasteiger partial charge in [-0.3, -0.25) is 0 Å². The lowest BCUT2D eigenvalue weighted by Crippen LogP contribution is -2.25. The van der Waals surface area contributed by atoms with Crippen molar-refractivity contribution in [1.29, 1.82) is 0 Å². The molecule has 0 aliphatic heterocycles. The highest BCUT2D eigenvalue weighted by atomic mass is 14.9. The van der Waals surface area contributed by atoms with Gasteiger partial charge >= 0.3 is 0 Å². The van der Waals surface area contributed by atoms with Crippen LogP contribution in [0.15, 0.2) is 48.8 Å². The highest BCUT2D eigenvalue weighted by Gasteiger charge is 1.92. The number of nitrogens with one attached hydrogen (secondary N) is 1. The van der Waals surface area contributed by atoms with Gasteiger partial charge in [0, 0.05) is 24.4 Å². The zero-order valence-corrected chi connectivity index (χ0v) is 10.9. The molecule has 0 radical (unpaired) electrons. The van der Waals surface area contributed by atoms with Crippen LogP contribution in [0.25, 0.3) is 12.2 Å². The SMILES string of the molecule is CCNc1ccc(/C=C/c2cc[n+](C)cc2)cc1. The fraction of sp³-hybridized carbons (Fsp3) is 0.188. The van der Waals surface area contributed by atoms with Crippen molar-refractivity contribution in [1.82, 2.24) is 0 Å². The number of nitrogens with zero attached hydrogens (tertiary/aromatic N) is 1. The average molecular weight is 239 g/mol. The summed E-state index contributed by atoms with van der Waals surface area (Å²) in [5.74, 6) is 0. The molecule has 92 valence electrons. The lowest BCUT2D eigenvalue weighted by Gasteiger charge is -2.02. The van der Waals surface area contributed by atoms with Crippen LogP contribution < -0.4 is 9.88 Å². The van der Waals surface area contributed by atoms with Crippen molar-refractivity contribution in [2.24, 2.45) is 7.05 Å². The molecular formula is C16H19N2+. The summed E-state index contributed by atoms with van der Waals surface area (Å²) in [7, 11) is 2.02. The molecule has 2 rings (SSSR count). The molecule has 0 spiro atoms. The fourth-order valence-corrected chi connectivity index (χ4v) is 1.73. The highest BCUT2D eigenvalue weighted by molar-refractivity contribution is 5.70. The molecule has 0 aliphatic rings. The Labute approximate surface area is 109 Å². The van der Waals surface area contributed by atoms with E-state index in [4.69, 9.17) is 0 Å². The van der Waals surface area contributed by atoms with E-state index in [-0.39, 0.29) is 0 Å². The van der Waals surface area contributed by atoms with Gasteiger partial charge in [0.1, 0.15) is 7.05 Å². The number of benzene rings is 1. The summed E-state index contributed by atoms with van der Waals surface area (Å²) < 4.78 is 2.03. The normalized spacial score (nSPS) is 10.8. The number of rotatable bonds is 4. The second kappa shape index (κ2) is 6.01. The van der Waals surface area contributed by atoms with Crippen molar-refractivity contribution in [3.63, 3.8) is 0 Å². The summed E-state index contributed by atoms with van der Waals surface area (Å²) in [5, 5.41) is 3.29. The van der Waals surface area contributed by atoms with E-state index in [0.29, 0.717) is 0 Å². The zero-order chi connectivity index (χ0) is 12.8. The number of anilines is 1. The molecule has 0 amide bonds. The number of aryl methyl sites for hydroxylation is 1. The second-order valence-electron chi connectivity index (χ2n) is 4.28. The minimum Gasteiger partial charge on any atom is -0.385 e. The molecular weight excluding hydrogens is 220 g/mol. The van der Waals surface area contributed by atoms with Crippen LogP contribution in [0.5, 0.6) is 0 Å². The van der Waals surface area contributed by atoms with Crippen LogP contribution in [0.1, 0.15) is 18.1 Å². The average Bonchev–Trinajstić information content (AvgIpc) is 2.40. The third-order valence-electron chi connectivity index (χ3n) is 2.76. The Bertz CT molecular complexity index is 510. The topological polar surface area (TPSA) is 15.9 Å². The second-order valence-corrected chi connectivity index (χ2v) is 4.28. The van der Waals surface area contributed by atoms with Crippen molar-refractivity contribution in [2.75, 3.05) is 11.9 Å². The van der Waals surface area contributed by atoms with E-state index in [1.54, 1.807) is 0 Å². The van der Waals surface area contributed by atoms with Gasteiger partial charge < -0.3 is 5.32 Å². The molecule has 1 heterocycles. The monoisotopic (exact) mass is 239 g/mol. The summed E-state index contributed by atoms with van der Waals surface area (Å²) >= 11 is 0. The van der Waals surface area contributed by atoms with Crippen molar-refractivity contribution >= 4 is 17.8 Å². The number of pyridine rings is 1. The maximum absolute atomic E-state index is 3.29. The van der Waals surface area contributed by atoms with E-state index < -0.39 is 0 Å². The van der Waals surface area contributed by atoms with Crippen molar-refractivity contribution in [2.45, 2.75) is 6.92 Å². The highest BCUT2D eigenvalue weighted by Crippen LogP contribution is 2.12. The first-order valence-electron chi connectivity index (χ1n) is 6.25. The van der Waals surface area contributed by atoms with Gasteiger partial charge in [0.05, 0.1) is 0 Å². The van der Waals surface area contributed by atoms with Crippen molar-refractivity contribution in [3.8, 4) is 0 Å². The predicted octanol–water partition coefficient (Wildman–Crippen LogP) is 3.11. The molecule has 0 unspecified atom stereocenters. The van der Waals surface area contributed by atoms with Crippen molar-refractivity contribution < 1.29 is 4.57 Å². The van der Waals surface area contributed by atoms with Gasteiger partial charge in [0.15, 0.2) is 12.4 Å². The predicted molar refractivity (Wildman–Crippen MR) is 77.2 cm³/mol. The number of hydrogen-bond donors (Lipinski definition) is 1. The Morgan fingerprint density at radius 1 is 0.944 bits per heavy atom. The first-order valence-corrected chi connectivity index (χ1v) is 6.25. The summed E-state index contributed by atoms with van der Waals surface area (Å²) in [4.78, 5) is 0. The van der Waals surface area contributed by atoms with Crippen LogP contribution >= 0.6 is 0 Å². The van der Waals surface area contributed by atoms with E-state index in [9.17, 15) is 0 Å². The Morgan fingerprint density at radius 2 is 1.50 bits per heavy atom. The van der Waals surface area contributed by atoms with E-state index in [1.807, 2.05) is 24.0 Å². The first-order chi connectivity index (χ1) is 8.78. The third kappa shape index (κ3) is 3.45. The van der Waals surface area contributed by atoms with E-state index in [2.05, 4.69) is 60.8 Å². The molecule has 18 heavy (non-hydrogen) atoms. The van der Waals surface area contributed by atoms with Gasteiger partial charge in [0.2, 0.25) is 0 Å². The maximum atomic E-state index is 3.29. The lowest BCUT2D eigenvalue weighted by molar-refractivity contribution is -0.671. The van der Waals surface area contributed by atoms with Gasteiger partial charge in [-0.05, 0) is 30.2 Å². The Morgan fingerprint density at radius 3 is 2.06 bits per heavy atom. The van der Waals surface area contributed by atoms with Gasteiger partial charge in [-0.2, -0.15) is 0 Å². The summed E-state index contributed by atoms with van der Waals surface area (Å²) in [5.41, 5.74) is 3.59. The third-order valence-corrected chi connectivity index (χ3v) is 2.76. The molecule has 0 saturated carbocycles. The number of aromatic nitrogens is 1.